The van der Waals surface area contributed by atoms with Crippen molar-refractivity contribution in [3.05, 3.63) is 34.9 Å². The molecule has 1 fully saturated rings. The van der Waals surface area contributed by atoms with Crippen LogP contribution < -0.4 is 5.32 Å². The van der Waals surface area contributed by atoms with Crippen molar-refractivity contribution in [2.45, 2.75) is 19.4 Å². The van der Waals surface area contributed by atoms with Gasteiger partial charge < -0.3 is 15.3 Å². The first-order valence-corrected chi connectivity index (χ1v) is 6.94. The standard InChI is InChI=1S/C14H17ClN2O3/c15-12-5-3-10(4-6-12)8-16-14(20)17-7-1-2-11(9-17)13(18)19/h3-6,11H,1-2,7-9H2,(H,16,20)(H,18,19)/t11-/m1/s1. The predicted octanol–water partition coefficient (Wildman–Crippen LogP) is 2.35. The van der Waals surface area contributed by atoms with Gasteiger partial charge in [0.15, 0.2) is 0 Å². The number of nitrogens with one attached hydrogen (secondary N) is 1. The molecule has 1 aromatic carbocycles. The maximum absolute atomic E-state index is 12.0. The normalized spacial score (nSPS) is 18.6. The van der Waals surface area contributed by atoms with Gasteiger partial charge in [0, 0.05) is 24.7 Å². The number of aliphatic carboxylic acids is 1. The number of carbonyl (C=O) groups is 2. The van der Waals surface area contributed by atoms with Gasteiger partial charge in [-0.2, -0.15) is 0 Å². The van der Waals surface area contributed by atoms with Crippen LogP contribution in [0, 0.1) is 5.92 Å². The maximum atomic E-state index is 12.0. The Balaban J connectivity index is 1.85. The fraction of sp³-hybridized carbons (Fsp3) is 0.429. The molecule has 20 heavy (non-hydrogen) atoms. The monoisotopic (exact) mass is 296 g/mol. The van der Waals surface area contributed by atoms with Crippen LogP contribution in [-0.2, 0) is 11.3 Å². The molecule has 2 amide bonds. The second-order valence-electron chi connectivity index (χ2n) is 4.91. The smallest absolute Gasteiger partial charge is 0.317 e. The number of carboxylic acids is 1. The Morgan fingerprint density at radius 1 is 1.35 bits per heavy atom. The Kier molecular flexibility index (Phi) is 4.84. The Labute approximate surface area is 122 Å². The lowest BCUT2D eigenvalue weighted by Crippen LogP contribution is -2.46. The minimum Gasteiger partial charge on any atom is -0.481 e. The number of urea groups is 1. The Bertz CT molecular complexity index is 490. The van der Waals surface area contributed by atoms with Gasteiger partial charge in [-0.15, -0.1) is 0 Å². The third-order valence-corrected chi connectivity index (χ3v) is 3.67. The summed E-state index contributed by atoms with van der Waals surface area (Å²) in [5.74, 6) is -1.29. The average Bonchev–Trinajstić information content (AvgIpc) is 2.46. The molecule has 0 spiro atoms. The topological polar surface area (TPSA) is 69.6 Å². The number of halogens is 1. The molecule has 6 heteroatoms. The second-order valence-corrected chi connectivity index (χ2v) is 5.35. The lowest BCUT2D eigenvalue weighted by Gasteiger charge is -2.30. The molecule has 5 nitrogen and oxygen atoms in total. The first-order valence-electron chi connectivity index (χ1n) is 6.56. The lowest BCUT2D eigenvalue weighted by molar-refractivity contribution is -0.143. The molecule has 2 rings (SSSR count). The molecule has 1 heterocycles. The molecule has 0 aromatic heterocycles. The summed E-state index contributed by atoms with van der Waals surface area (Å²) in [4.78, 5) is 24.5. The highest BCUT2D eigenvalue weighted by Crippen LogP contribution is 2.16. The molecule has 0 bridgehead atoms. The Morgan fingerprint density at radius 2 is 2.05 bits per heavy atom. The number of carboxylic acid groups (broad SMARTS) is 1. The van der Waals surface area contributed by atoms with Crippen LogP contribution >= 0.6 is 11.6 Å². The van der Waals surface area contributed by atoms with E-state index in [9.17, 15) is 9.59 Å². The van der Waals surface area contributed by atoms with Crippen LogP contribution in [0.5, 0.6) is 0 Å². The van der Waals surface area contributed by atoms with E-state index in [0.717, 1.165) is 12.0 Å². The van der Waals surface area contributed by atoms with E-state index in [4.69, 9.17) is 16.7 Å². The quantitative estimate of drug-likeness (QED) is 0.899. The molecule has 0 unspecified atom stereocenters. The third-order valence-electron chi connectivity index (χ3n) is 3.41. The summed E-state index contributed by atoms with van der Waals surface area (Å²) in [6.07, 6.45) is 1.36. The molecule has 1 aromatic rings. The van der Waals surface area contributed by atoms with E-state index in [0.29, 0.717) is 24.5 Å². The fourth-order valence-electron chi connectivity index (χ4n) is 2.25. The van der Waals surface area contributed by atoms with E-state index in [1.54, 1.807) is 17.0 Å². The molecule has 1 aliphatic rings. The number of amides is 2. The van der Waals surface area contributed by atoms with Crippen LogP contribution in [-0.4, -0.2) is 35.1 Å². The van der Waals surface area contributed by atoms with Gasteiger partial charge >= 0.3 is 12.0 Å². The number of hydrogen-bond acceptors (Lipinski definition) is 2. The van der Waals surface area contributed by atoms with Crippen LogP contribution in [0.15, 0.2) is 24.3 Å². The van der Waals surface area contributed by atoms with Crippen molar-refractivity contribution in [1.29, 1.82) is 0 Å². The van der Waals surface area contributed by atoms with Gasteiger partial charge in [0.2, 0.25) is 0 Å². The van der Waals surface area contributed by atoms with Gasteiger partial charge in [-0.05, 0) is 30.5 Å². The summed E-state index contributed by atoms with van der Waals surface area (Å²) < 4.78 is 0. The van der Waals surface area contributed by atoms with Gasteiger partial charge in [-0.3, -0.25) is 4.79 Å². The van der Waals surface area contributed by atoms with E-state index in [1.807, 2.05) is 12.1 Å². The summed E-state index contributed by atoms with van der Waals surface area (Å²) >= 11 is 5.79. The molecular formula is C14H17ClN2O3. The van der Waals surface area contributed by atoms with E-state index in [1.165, 1.54) is 0 Å². The van der Waals surface area contributed by atoms with Gasteiger partial charge in [0.1, 0.15) is 0 Å². The minimum absolute atomic E-state index is 0.217. The number of piperidine rings is 1. The summed E-state index contributed by atoms with van der Waals surface area (Å²) in [6.45, 7) is 1.29. The van der Waals surface area contributed by atoms with Gasteiger partial charge in [0.25, 0.3) is 0 Å². The van der Waals surface area contributed by atoms with Crippen molar-refractivity contribution >= 4 is 23.6 Å². The average molecular weight is 297 g/mol. The molecule has 0 saturated carbocycles. The number of carbonyl (C=O) groups excluding carboxylic acids is 1. The summed E-state index contributed by atoms with van der Waals surface area (Å²) in [7, 11) is 0. The fourth-order valence-corrected chi connectivity index (χ4v) is 2.38. The molecule has 2 N–H and O–H groups in total. The number of rotatable bonds is 3. The van der Waals surface area contributed by atoms with Gasteiger partial charge in [-0.25, -0.2) is 4.79 Å². The largest absolute Gasteiger partial charge is 0.481 e. The lowest BCUT2D eigenvalue weighted by atomic mass is 9.99. The van der Waals surface area contributed by atoms with Crippen molar-refractivity contribution in [3.8, 4) is 0 Å². The van der Waals surface area contributed by atoms with Crippen molar-refractivity contribution < 1.29 is 14.7 Å². The molecule has 1 aliphatic heterocycles. The number of likely N-dealkylation sites (tertiary alicyclic amines) is 1. The van der Waals surface area contributed by atoms with Crippen LogP contribution in [0.2, 0.25) is 5.02 Å². The number of hydrogen-bond donors (Lipinski definition) is 2. The van der Waals surface area contributed by atoms with Crippen molar-refractivity contribution in [3.63, 3.8) is 0 Å². The highest BCUT2D eigenvalue weighted by atomic mass is 35.5. The van der Waals surface area contributed by atoms with E-state index >= 15 is 0 Å². The van der Waals surface area contributed by atoms with Crippen LogP contribution in [0.1, 0.15) is 18.4 Å². The Hall–Kier alpha value is -1.75. The molecule has 1 saturated heterocycles. The zero-order chi connectivity index (χ0) is 14.5. The SMILES string of the molecule is O=C(O)[C@@H]1CCCN(C(=O)NCc2ccc(Cl)cc2)C1. The highest BCUT2D eigenvalue weighted by molar-refractivity contribution is 6.30. The summed E-state index contributed by atoms with van der Waals surface area (Å²) in [5, 5.41) is 12.5. The van der Waals surface area contributed by atoms with E-state index in [-0.39, 0.29) is 12.6 Å². The van der Waals surface area contributed by atoms with Gasteiger partial charge in [-0.1, -0.05) is 23.7 Å². The first-order chi connectivity index (χ1) is 9.56. The van der Waals surface area contributed by atoms with Crippen LogP contribution in [0.4, 0.5) is 4.79 Å². The zero-order valence-corrected chi connectivity index (χ0v) is 11.8. The van der Waals surface area contributed by atoms with Crippen LogP contribution in [0.25, 0.3) is 0 Å². The molecule has 1 atom stereocenters. The highest BCUT2D eigenvalue weighted by Gasteiger charge is 2.27. The minimum atomic E-state index is -0.833. The van der Waals surface area contributed by atoms with E-state index in [2.05, 4.69) is 5.32 Å². The number of nitrogens with zero attached hydrogens (tertiary/aromatic N) is 1. The molecule has 0 radical (unpaired) electrons. The predicted molar refractivity (Wildman–Crippen MR) is 75.6 cm³/mol. The molecular weight excluding hydrogens is 280 g/mol. The van der Waals surface area contributed by atoms with Crippen molar-refractivity contribution in [2.75, 3.05) is 13.1 Å². The summed E-state index contributed by atoms with van der Waals surface area (Å²) in [6, 6.07) is 7.01. The van der Waals surface area contributed by atoms with Crippen molar-refractivity contribution in [2.24, 2.45) is 5.92 Å². The summed E-state index contributed by atoms with van der Waals surface area (Å²) in [5.41, 5.74) is 0.953. The van der Waals surface area contributed by atoms with Gasteiger partial charge in [0.05, 0.1) is 5.92 Å². The Morgan fingerprint density at radius 3 is 2.70 bits per heavy atom. The second kappa shape index (κ2) is 6.61. The van der Waals surface area contributed by atoms with E-state index < -0.39 is 11.9 Å². The molecule has 108 valence electrons. The first kappa shape index (κ1) is 14.7. The maximum Gasteiger partial charge on any atom is 0.317 e. The van der Waals surface area contributed by atoms with Crippen molar-refractivity contribution in [1.82, 2.24) is 10.2 Å². The number of benzene rings is 1. The zero-order valence-electron chi connectivity index (χ0n) is 11.0. The molecule has 0 aliphatic carbocycles. The van der Waals surface area contributed by atoms with Crippen LogP contribution in [0.3, 0.4) is 0 Å². The third kappa shape index (κ3) is 3.87.